The summed E-state index contributed by atoms with van der Waals surface area (Å²) in [6.07, 6.45) is 0. The third-order valence-electron chi connectivity index (χ3n) is 10.8. The highest BCUT2D eigenvalue weighted by Gasteiger charge is 2.20. The van der Waals surface area contributed by atoms with Crippen LogP contribution >= 0.6 is 11.3 Å². The topological polar surface area (TPSA) is 16.4 Å². The Morgan fingerprint density at radius 2 is 0.982 bits per heavy atom. The molecule has 2 nitrogen and oxygen atoms in total. The minimum Gasteiger partial charge on any atom is -0.456 e. The van der Waals surface area contributed by atoms with Gasteiger partial charge in [-0.25, -0.2) is 0 Å². The van der Waals surface area contributed by atoms with Crippen molar-refractivity contribution in [3.8, 4) is 33.4 Å². The molecule has 0 saturated carbocycles. The van der Waals surface area contributed by atoms with Gasteiger partial charge in [-0.05, 0) is 99.3 Å². The Kier molecular flexibility index (Phi) is 7.39. The maximum atomic E-state index is 6.19. The monoisotopic (exact) mass is 719 g/mol. The maximum absolute atomic E-state index is 6.19. The van der Waals surface area contributed by atoms with Crippen LogP contribution in [0.2, 0.25) is 0 Å². The Morgan fingerprint density at radius 3 is 1.89 bits per heavy atom. The summed E-state index contributed by atoms with van der Waals surface area (Å²) in [5, 5.41) is 7.33. The standard InChI is InChI=1S/C52H33NOS/c1-2-13-35-30-39(27-26-34(35)12-1)42-18-3-6-23-48(42)53(40-16-9-14-36(31-40)37-28-29-50-47(33-37)44-19-4-7-24-49(44)54-50)41-17-10-15-38(32-41)43-21-11-22-46-45-20-5-8-25-51(45)55-52(43)46/h1-33H. The van der Waals surface area contributed by atoms with E-state index in [2.05, 4.69) is 193 Å². The summed E-state index contributed by atoms with van der Waals surface area (Å²) in [5.74, 6) is 0. The zero-order valence-electron chi connectivity index (χ0n) is 29.8. The van der Waals surface area contributed by atoms with Crippen molar-refractivity contribution in [1.82, 2.24) is 0 Å². The van der Waals surface area contributed by atoms with Crippen molar-refractivity contribution in [3.05, 3.63) is 200 Å². The molecule has 0 bridgehead atoms. The number of nitrogens with zero attached hydrogens (tertiary/aromatic N) is 1. The third kappa shape index (κ3) is 5.40. The molecular formula is C52H33NOS. The minimum absolute atomic E-state index is 0.900. The lowest BCUT2D eigenvalue weighted by molar-refractivity contribution is 0.669. The molecule has 0 saturated heterocycles. The summed E-state index contributed by atoms with van der Waals surface area (Å²) in [5.41, 5.74) is 12.2. The summed E-state index contributed by atoms with van der Waals surface area (Å²) in [7, 11) is 0. The Balaban J connectivity index is 1.11. The van der Waals surface area contributed by atoms with Crippen molar-refractivity contribution in [3.63, 3.8) is 0 Å². The predicted octanol–water partition coefficient (Wildman–Crippen LogP) is 15.6. The SMILES string of the molecule is c1cc(-c2ccc3oc4ccccc4c3c2)cc(N(c2cccc(-c3cccc4c3sc3ccccc34)c2)c2ccccc2-c2ccc3ccccc3c2)c1. The second kappa shape index (κ2) is 12.9. The molecule has 0 spiro atoms. The van der Waals surface area contributed by atoms with Crippen LogP contribution in [0.5, 0.6) is 0 Å². The molecule has 0 aliphatic heterocycles. The molecule has 9 aromatic carbocycles. The quantitative estimate of drug-likeness (QED) is 0.170. The van der Waals surface area contributed by atoms with Gasteiger partial charge in [0.05, 0.1) is 5.69 Å². The molecule has 0 aliphatic rings. The Morgan fingerprint density at radius 1 is 0.364 bits per heavy atom. The molecular weight excluding hydrogens is 687 g/mol. The number of hydrogen-bond acceptors (Lipinski definition) is 3. The number of anilines is 3. The Bertz CT molecular complexity index is 3240. The molecule has 55 heavy (non-hydrogen) atoms. The molecule has 2 aromatic heterocycles. The van der Waals surface area contributed by atoms with Crippen molar-refractivity contribution < 1.29 is 4.42 Å². The number of benzene rings is 9. The summed E-state index contributed by atoms with van der Waals surface area (Å²) >= 11 is 1.87. The van der Waals surface area contributed by atoms with Gasteiger partial charge < -0.3 is 9.32 Å². The summed E-state index contributed by atoms with van der Waals surface area (Å²) in [4.78, 5) is 2.42. The van der Waals surface area contributed by atoms with Crippen LogP contribution in [0.1, 0.15) is 0 Å². The first-order chi connectivity index (χ1) is 27.2. The number of rotatable bonds is 6. The molecule has 0 atom stereocenters. The second-order valence-corrected chi connectivity index (χ2v) is 15.2. The minimum atomic E-state index is 0.900. The molecule has 0 N–H and O–H groups in total. The van der Waals surface area contributed by atoms with Crippen LogP contribution in [-0.4, -0.2) is 0 Å². The first-order valence-corrected chi connectivity index (χ1v) is 19.5. The molecule has 0 fully saturated rings. The normalized spacial score (nSPS) is 11.6. The molecule has 0 aliphatic carbocycles. The molecule has 11 aromatic rings. The summed E-state index contributed by atoms with van der Waals surface area (Å²) < 4.78 is 8.81. The van der Waals surface area contributed by atoms with E-state index in [1.54, 1.807) is 0 Å². The van der Waals surface area contributed by atoms with Gasteiger partial charge in [0, 0.05) is 47.9 Å². The number of para-hydroxylation sites is 2. The second-order valence-electron chi connectivity index (χ2n) is 14.1. The van der Waals surface area contributed by atoms with Crippen molar-refractivity contribution in [1.29, 1.82) is 0 Å². The van der Waals surface area contributed by atoms with Crippen molar-refractivity contribution in [2.45, 2.75) is 0 Å². The van der Waals surface area contributed by atoms with Gasteiger partial charge in [-0.1, -0.05) is 140 Å². The van der Waals surface area contributed by atoms with Gasteiger partial charge in [0.25, 0.3) is 0 Å². The van der Waals surface area contributed by atoms with Crippen LogP contribution in [0.25, 0.3) is 86.3 Å². The highest BCUT2D eigenvalue weighted by molar-refractivity contribution is 7.26. The Labute approximate surface area is 322 Å². The number of thiophene rings is 1. The van der Waals surface area contributed by atoms with E-state index in [1.165, 1.54) is 53.2 Å². The Hall–Kier alpha value is -6.94. The average molecular weight is 720 g/mol. The predicted molar refractivity (Wildman–Crippen MR) is 235 cm³/mol. The smallest absolute Gasteiger partial charge is 0.135 e. The highest BCUT2D eigenvalue weighted by atomic mass is 32.1. The molecule has 2 heterocycles. The first kappa shape index (κ1) is 31.6. The van der Waals surface area contributed by atoms with Crippen molar-refractivity contribution in [2.24, 2.45) is 0 Å². The van der Waals surface area contributed by atoms with E-state index >= 15 is 0 Å². The first-order valence-electron chi connectivity index (χ1n) is 18.7. The highest BCUT2D eigenvalue weighted by Crippen LogP contribution is 2.45. The molecule has 0 radical (unpaired) electrons. The van der Waals surface area contributed by atoms with E-state index in [4.69, 9.17) is 4.42 Å². The number of furan rings is 1. The van der Waals surface area contributed by atoms with Crippen LogP contribution < -0.4 is 4.90 Å². The van der Waals surface area contributed by atoms with E-state index in [0.29, 0.717) is 0 Å². The zero-order valence-corrected chi connectivity index (χ0v) is 30.6. The largest absolute Gasteiger partial charge is 0.456 e. The van der Waals surface area contributed by atoms with Gasteiger partial charge in [-0.15, -0.1) is 11.3 Å². The fourth-order valence-corrected chi connectivity index (χ4v) is 9.45. The van der Waals surface area contributed by atoms with Crippen molar-refractivity contribution >= 4 is 81.3 Å². The lowest BCUT2D eigenvalue weighted by Crippen LogP contribution is -2.11. The lowest BCUT2D eigenvalue weighted by Gasteiger charge is -2.29. The summed E-state index contributed by atoms with van der Waals surface area (Å²) in [6.45, 7) is 0. The number of hydrogen-bond donors (Lipinski definition) is 0. The maximum Gasteiger partial charge on any atom is 0.135 e. The van der Waals surface area contributed by atoms with E-state index in [9.17, 15) is 0 Å². The average Bonchev–Trinajstić information content (AvgIpc) is 3.82. The van der Waals surface area contributed by atoms with Crippen molar-refractivity contribution in [2.75, 3.05) is 4.90 Å². The molecule has 3 heteroatoms. The molecule has 258 valence electrons. The van der Waals surface area contributed by atoms with Crippen LogP contribution in [0.15, 0.2) is 205 Å². The lowest BCUT2D eigenvalue weighted by atomic mass is 9.97. The molecule has 0 unspecified atom stereocenters. The van der Waals surface area contributed by atoms with Crippen LogP contribution in [0, 0.1) is 0 Å². The van der Waals surface area contributed by atoms with E-state index in [-0.39, 0.29) is 0 Å². The van der Waals surface area contributed by atoms with Gasteiger partial charge in [0.1, 0.15) is 11.2 Å². The zero-order chi connectivity index (χ0) is 36.3. The van der Waals surface area contributed by atoms with Crippen LogP contribution in [0.3, 0.4) is 0 Å². The third-order valence-corrected chi connectivity index (χ3v) is 12.1. The van der Waals surface area contributed by atoms with E-state index < -0.39 is 0 Å². The van der Waals surface area contributed by atoms with Crippen LogP contribution in [-0.2, 0) is 0 Å². The summed E-state index contributed by atoms with van der Waals surface area (Å²) in [6, 6.07) is 72.4. The fourth-order valence-electron chi connectivity index (χ4n) is 8.21. The van der Waals surface area contributed by atoms with Crippen LogP contribution in [0.4, 0.5) is 17.1 Å². The number of fused-ring (bicyclic) bond motifs is 7. The van der Waals surface area contributed by atoms with Gasteiger partial charge in [-0.2, -0.15) is 0 Å². The van der Waals surface area contributed by atoms with E-state index in [1.807, 2.05) is 23.5 Å². The van der Waals surface area contributed by atoms with Gasteiger partial charge in [-0.3, -0.25) is 0 Å². The fraction of sp³-hybridized carbons (Fsp3) is 0. The van der Waals surface area contributed by atoms with Gasteiger partial charge >= 0.3 is 0 Å². The van der Waals surface area contributed by atoms with Gasteiger partial charge in [0.2, 0.25) is 0 Å². The molecule has 11 rings (SSSR count). The van der Waals surface area contributed by atoms with E-state index in [0.717, 1.165) is 50.1 Å². The van der Waals surface area contributed by atoms with Gasteiger partial charge in [0.15, 0.2) is 0 Å². The molecule has 0 amide bonds.